The summed E-state index contributed by atoms with van der Waals surface area (Å²) in [6.07, 6.45) is 1.79. The van der Waals surface area contributed by atoms with Crippen LogP contribution in [0.15, 0.2) is 77.7 Å². The quantitative estimate of drug-likeness (QED) is 0.461. The van der Waals surface area contributed by atoms with Crippen molar-refractivity contribution in [2.75, 3.05) is 31.2 Å². The summed E-state index contributed by atoms with van der Waals surface area (Å²) in [7, 11) is 0. The van der Waals surface area contributed by atoms with Crippen molar-refractivity contribution in [1.82, 2.24) is 19.9 Å². The highest BCUT2D eigenvalue weighted by Gasteiger charge is 2.19. The molecule has 1 aliphatic heterocycles. The lowest BCUT2D eigenvalue weighted by Gasteiger charge is -2.28. The molecule has 0 radical (unpaired) electrons. The van der Waals surface area contributed by atoms with E-state index in [2.05, 4.69) is 16.0 Å². The van der Waals surface area contributed by atoms with E-state index in [1.807, 2.05) is 65.6 Å². The van der Waals surface area contributed by atoms with Gasteiger partial charge in [-0.2, -0.15) is 0 Å². The molecule has 6 rings (SSSR count). The third-order valence-electron chi connectivity index (χ3n) is 5.94. The number of pyridine rings is 2. The van der Waals surface area contributed by atoms with E-state index in [1.54, 1.807) is 6.20 Å². The Morgan fingerprint density at radius 2 is 1.64 bits per heavy atom. The van der Waals surface area contributed by atoms with Crippen LogP contribution in [-0.2, 0) is 4.74 Å². The fraction of sp³-hybridized carbons (Fsp3) is 0.154. The molecule has 1 fully saturated rings. The third-order valence-corrected chi connectivity index (χ3v) is 5.94. The number of nitrogens with zero attached hydrogens (tertiary/aromatic N) is 4. The van der Waals surface area contributed by atoms with Gasteiger partial charge in [0.2, 0.25) is 0 Å². The van der Waals surface area contributed by atoms with Crippen molar-refractivity contribution in [2.45, 2.75) is 0 Å². The van der Waals surface area contributed by atoms with Crippen molar-refractivity contribution in [2.24, 2.45) is 0 Å². The molecule has 162 valence electrons. The van der Waals surface area contributed by atoms with Crippen molar-refractivity contribution in [3.05, 3.63) is 83.3 Å². The molecule has 33 heavy (non-hydrogen) atoms. The predicted molar refractivity (Wildman–Crippen MR) is 129 cm³/mol. The van der Waals surface area contributed by atoms with Crippen molar-refractivity contribution in [1.29, 1.82) is 0 Å². The van der Waals surface area contributed by atoms with Gasteiger partial charge in [0, 0.05) is 35.8 Å². The number of nitrogens with one attached hydrogen (secondary N) is 1. The van der Waals surface area contributed by atoms with Gasteiger partial charge in [-0.1, -0.05) is 42.5 Å². The largest absolute Gasteiger partial charge is 0.378 e. The minimum Gasteiger partial charge on any atom is -0.378 e. The number of aromatic nitrogens is 4. The maximum atomic E-state index is 12.9. The Kier molecular flexibility index (Phi) is 4.81. The third kappa shape index (κ3) is 3.62. The summed E-state index contributed by atoms with van der Waals surface area (Å²) in [4.78, 5) is 32.2. The predicted octanol–water partition coefficient (Wildman–Crippen LogP) is 4.04. The molecule has 3 aromatic heterocycles. The zero-order valence-electron chi connectivity index (χ0n) is 17.9. The molecule has 7 nitrogen and oxygen atoms in total. The summed E-state index contributed by atoms with van der Waals surface area (Å²) in [5.41, 5.74) is 5.85. The Bertz CT molecular complexity index is 1530. The maximum absolute atomic E-state index is 12.9. The van der Waals surface area contributed by atoms with Crippen LogP contribution in [0.4, 0.5) is 5.69 Å². The van der Waals surface area contributed by atoms with Gasteiger partial charge in [0.15, 0.2) is 5.65 Å². The number of morpholine rings is 1. The Morgan fingerprint density at radius 1 is 0.818 bits per heavy atom. The highest BCUT2D eigenvalue weighted by atomic mass is 16.5. The molecular weight excluding hydrogens is 414 g/mol. The summed E-state index contributed by atoms with van der Waals surface area (Å²) < 4.78 is 5.44. The lowest BCUT2D eigenvalue weighted by Crippen LogP contribution is -2.39. The SMILES string of the molecule is O=c1[nH]c2nc(-c3ccccc3)c(-c3ccc4ncccc4c3)nc2cc1N1CCOCC1. The highest BCUT2D eigenvalue weighted by Crippen LogP contribution is 2.32. The molecule has 1 saturated heterocycles. The summed E-state index contributed by atoms with van der Waals surface area (Å²) >= 11 is 0. The van der Waals surface area contributed by atoms with Crippen molar-refractivity contribution < 1.29 is 4.74 Å². The average molecular weight is 435 g/mol. The number of benzene rings is 2. The zero-order valence-corrected chi connectivity index (χ0v) is 17.9. The Balaban J connectivity index is 1.58. The van der Waals surface area contributed by atoms with Gasteiger partial charge in [-0.15, -0.1) is 0 Å². The molecule has 0 saturated carbocycles. The van der Waals surface area contributed by atoms with Crippen LogP contribution in [0.3, 0.4) is 0 Å². The van der Waals surface area contributed by atoms with Crippen LogP contribution >= 0.6 is 0 Å². The van der Waals surface area contributed by atoms with Crippen LogP contribution in [0.5, 0.6) is 0 Å². The number of hydrogen-bond donors (Lipinski definition) is 1. The number of rotatable bonds is 3. The minimum absolute atomic E-state index is 0.165. The Labute approximate surface area is 189 Å². The molecule has 1 N–H and O–H groups in total. The lowest BCUT2D eigenvalue weighted by molar-refractivity contribution is 0.122. The van der Waals surface area contributed by atoms with E-state index in [1.165, 1.54) is 0 Å². The van der Waals surface area contributed by atoms with Gasteiger partial charge in [0.25, 0.3) is 5.56 Å². The van der Waals surface area contributed by atoms with Gasteiger partial charge < -0.3 is 14.6 Å². The topological polar surface area (TPSA) is 84.0 Å². The monoisotopic (exact) mass is 435 g/mol. The molecule has 0 bridgehead atoms. The Morgan fingerprint density at radius 3 is 2.48 bits per heavy atom. The van der Waals surface area contributed by atoms with Crippen LogP contribution in [0, 0.1) is 0 Å². The first-order valence-electron chi connectivity index (χ1n) is 10.9. The highest BCUT2D eigenvalue weighted by molar-refractivity contribution is 5.90. The van der Waals surface area contributed by atoms with E-state index in [9.17, 15) is 4.79 Å². The number of anilines is 1. The first-order valence-corrected chi connectivity index (χ1v) is 10.9. The molecular formula is C26H21N5O2. The van der Waals surface area contributed by atoms with E-state index >= 15 is 0 Å². The molecule has 5 aromatic rings. The summed E-state index contributed by atoms with van der Waals surface area (Å²) in [6.45, 7) is 2.56. The van der Waals surface area contributed by atoms with Crippen LogP contribution in [0.25, 0.3) is 44.6 Å². The number of hydrogen-bond acceptors (Lipinski definition) is 6. The number of aromatic amines is 1. The first kappa shape index (κ1) is 19.6. The van der Waals surface area contributed by atoms with Crippen LogP contribution in [0.2, 0.25) is 0 Å². The van der Waals surface area contributed by atoms with Gasteiger partial charge in [0.1, 0.15) is 11.2 Å². The number of ether oxygens (including phenoxy) is 1. The minimum atomic E-state index is -0.165. The van der Waals surface area contributed by atoms with Crippen LogP contribution < -0.4 is 10.5 Å². The molecule has 0 aliphatic carbocycles. The van der Waals surface area contributed by atoms with Crippen LogP contribution in [0.1, 0.15) is 0 Å². The molecule has 0 amide bonds. The van der Waals surface area contributed by atoms with E-state index in [-0.39, 0.29) is 5.56 Å². The van der Waals surface area contributed by atoms with Crippen molar-refractivity contribution in [3.8, 4) is 22.5 Å². The van der Waals surface area contributed by atoms with Crippen molar-refractivity contribution >= 4 is 27.8 Å². The molecule has 0 spiro atoms. The standard InChI is InChI=1S/C26H21N5O2/c32-26-22(31-11-13-33-14-12-31)16-21-25(30-26)29-23(17-5-2-1-3-6-17)24(28-21)19-8-9-20-18(15-19)7-4-10-27-20/h1-10,15-16H,11-14H2,(H,29,30,32). The molecule has 1 aliphatic rings. The summed E-state index contributed by atoms with van der Waals surface area (Å²) in [6, 6.07) is 21.8. The normalized spacial score (nSPS) is 14.1. The smallest absolute Gasteiger partial charge is 0.273 e. The van der Waals surface area contributed by atoms with Gasteiger partial charge >= 0.3 is 0 Å². The van der Waals surface area contributed by atoms with Gasteiger partial charge in [0.05, 0.1) is 30.1 Å². The molecule has 0 unspecified atom stereocenters. The van der Waals surface area contributed by atoms with E-state index in [4.69, 9.17) is 14.7 Å². The van der Waals surface area contributed by atoms with Gasteiger partial charge in [-0.25, -0.2) is 9.97 Å². The second-order valence-electron chi connectivity index (χ2n) is 8.01. The fourth-order valence-electron chi connectivity index (χ4n) is 4.27. The molecule has 2 aromatic carbocycles. The fourth-order valence-corrected chi connectivity index (χ4v) is 4.27. The lowest BCUT2D eigenvalue weighted by atomic mass is 10.0. The molecule has 4 heterocycles. The van der Waals surface area contributed by atoms with E-state index in [0.717, 1.165) is 33.4 Å². The van der Waals surface area contributed by atoms with Crippen LogP contribution in [-0.4, -0.2) is 46.2 Å². The van der Waals surface area contributed by atoms with Gasteiger partial charge in [-0.3, -0.25) is 9.78 Å². The molecule has 7 heteroatoms. The van der Waals surface area contributed by atoms with E-state index in [0.29, 0.717) is 43.2 Å². The maximum Gasteiger partial charge on any atom is 0.273 e. The van der Waals surface area contributed by atoms with Crippen molar-refractivity contribution in [3.63, 3.8) is 0 Å². The van der Waals surface area contributed by atoms with Gasteiger partial charge in [-0.05, 0) is 24.3 Å². The first-order chi connectivity index (χ1) is 16.3. The second kappa shape index (κ2) is 8.11. The average Bonchev–Trinajstić information content (AvgIpc) is 2.88. The number of H-pyrrole nitrogens is 1. The zero-order chi connectivity index (χ0) is 22.2. The second-order valence-corrected chi connectivity index (χ2v) is 8.01. The van der Waals surface area contributed by atoms with E-state index < -0.39 is 0 Å². The Hall–Kier alpha value is -4.10. The molecule has 0 atom stereocenters. The number of fused-ring (bicyclic) bond motifs is 2. The summed E-state index contributed by atoms with van der Waals surface area (Å²) in [5.74, 6) is 0. The summed E-state index contributed by atoms with van der Waals surface area (Å²) in [5, 5.41) is 1.03.